The van der Waals surface area contributed by atoms with Crippen LogP contribution in [0.4, 0.5) is 8.78 Å². The average Bonchev–Trinajstić information content (AvgIpc) is 2.50. The predicted molar refractivity (Wildman–Crippen MR) is 71.9 cm³/mol. The zero-order chi connectivity index (χ0) is 15.4. The predicted octanol–water partition coefficient (Wildman–Crippen LogP) is 3.54. The minimum atomic E-state index is -0.736. The highest BCUT2D eigenvalue weighted by atomic mass is 19.1. The summed E-state index contributed by atoms with van der Waals surface area (Å²) in [5.74, 6) is -1.82. The van der Waals surface area contributed by atoms with Crippen molar-refractivity contribution in [1.82, 2.24) is 10.2 Å². The third kappa shape index (κ3) is 2.97. The normalized spacial score (nSPS) is 10.2. The van der Waals surface area contributed by atoms with Crippen LogP contribution in [0.3, 0.4) is 0 Å². The Balaban J connectivity index is 2.50. The molecule has 0 bridgehead atoms. The molecule has 6 heteroatoms. The van der Waals surface area contributed by atoms with E-state index in [4.69, 9.17) is 4.74 Å². The van der Waals surface area contributed by atoms with Gasteiger partial charge in [0.2, 0.25) is 0 Å². The second kappa shape index (κ2) is 6.27. The number of rotatable bonds is 4. The highest BCUT2D eigenvalue weighted by Crippen LogP contribution is 2.28. The molecule has 0 atom stereocenters. The fourth-order valence-corrected chi connectivity index (χ4v) is 2.00. The van der Waals surface area contributed by atoms with Crippen molar-refractivity contribution in [2.24, 2.45) is 0 Å². The number of aromatic nitrogens is 2. The van der Waals surface area contributed by atoms with Crippen molar-refractivity contribution in [3.8, 4) is 17.7 Å². The SMILES string of the molecule is CCc1nnc(Oc2cc(F)ccc2F)c(C#N)c1CC. The van der Waals surface area contributed by atoms with Crippen molar-refractivity contribution >= 4 is 0 Å². The van der Waals surface area contributed by atoms with Crippen LogP contribution in [0.5, 0.6) is 11.6 Å². The Morgan fingerprint density at radius 1 is 1.19 bits per heavy atom. The molecule has 0 N–H and O–H groups in total. The summed E-state index contributed by atoms with van der Waals surface area (Å²) < 4.78 is 32.0. The van der Waals surface area contributed by atoms with Gasteiger partial charge in [-0.2, -0.15) is 10.4 Å². The van der Waals surface area contributed by atoms with Crippen LogP contribution in [0.15, 0.2) is 18.2 Å². The number of hydrogen-bond donors (Lipinski definition) is 0. The lowest BCUT2D eigenvalue weighted by Gasteiger charge is -2.11. The van der Waals surface area contributed by atoms with Crippen molar-refractivity contribution in [3.05, 3.63) is 46.7 Å². The molecule has 4 nitrogen and oxygen atoms in total. The molecule has 0 radical (unpaired) electrons. The number of aryl methyl sites for hydroxylation is 1. The van der Waals surface area contributed by atoms with Gasteiger partial charge in [-0.05, 0) is 30.5 Å². The second-order valence-electron chi connectivity index (χ2n) is 4.30. The van der Waals surface area contributed by atoms with Gasteiger partial charge in [0.1, 0.15) is 17.4 Å². The van der Waals surface area contributed by atoms with Gasteiger partial charge >= 0.3 is 0 Å². The molecule has 0 amide bonds. The summed E-state index contributed by atoms with van der Waals surface area (Å²) in [5, 5.41) is 17.1. The zero-order valence-corrected chi connectivity index (χ0v) is 11.7. The van der Waals surface area contributed by atoms with Crippen LogP contribution in [-0.4, -0.2) is 10.2 Å². The van der Waals surface area contributed by atoms with Gasteiger partial charge in [0.05, 0.1) is 5.69 Å². The van der Waals surface area contributed by atoms with Gasteiger partial charge in [0.15, 0.2) is 11.6 Å². The Morgan fingerprint density at radius 2 is 1.95 bits per heavy atom. The van der Waals surface area contributed by atoms with E-state index in [0.717, 1.165) is 18.2 Å². The van der Waals surface area contributed by atoms with Gasteiger partial charge < -0.3 is 4.74 Å². The summed E-state index contributed by atoms with van der Waals surface area (Å²) in [6.07, 6.45) is 1.20. The molecule has 2 aromatic rings. The first kappa shape index (κ1) is 14.9. The van der Waals surface area contributed by atoms with Gasteiger partial charge in [0.25, 0.3) is 5.88 Å². The summed E-state index contributed by atoms with van der Waals surface area (Å²) in [5.41, 5.74) is 1.61. The topological polar surface area (TPSA) is 58.8 Å². The van der Waals surface area contributed by atoms with E-state index in [-0.39, 0.29) is 17.2 Å². The van der Waals surface area contributed by atoms with E-state index in [2.05, 4.69) is 10.2 Å². The molecule has 1 heterocycles. The molecule has 0 saturated carbocycles. The Hall–Kier alpha value is -2.55. The zero-order valence-electron chi connectivity index (χ0n) is 11.7. The fourth-order valence-electron chi connectivity index (χ4n) is 2.00. The summed E-state index contributed by atoms with van der Waals surface area (Å²) in [6.45, 7) is 3.78. The van der Waals surface area contributed by atoms with Gasteiger partial charge in [-0.3, -0.25) is 0 Å². The molecule has 0 aliphatic carbocycles. The summed E-state index contributed by atoms with van der Waals surface area (Å²) in [6, 6.07) is 4.83. The third-order valence-electron chi connectivity index (χ3n) is 3.03. The van der Waals surface area contributed by atoms with Crippen molar-refractivity contribution < 1.29 is 13.5 Å². The summed E-state index contributed by atoms with van der Waals surface area (Å²) in [4.78, 5) is 0. The molecule has 1 aromatic carbocycles. The van der Waals surface area contributed by atoms with Crippen molar-refractivity contribution in [2.75, 3.05) is 0 Å². The Labute approximate surface area is 121 Å². The molecule has 21 heavy (non-hydrogen) atoms. The number of nitriles is 1. The van der Waals surface area contributed by atoms with Crippen LogP contribution in [0, 0.1) is 23.0 Å². The number of nitrogens with zero attached hydrogens (tertiary/aromatic N) is 3. The quantitative estimate of drug-likeness (QED) is 0.863. The molecule has 2 rings (SSSR count). The van der Waals surface area contributed by atoms with E-state index in [1.54, 1.807) is 0 Å². The monoisotopic (exact) mass is 289 g/mol. The lowest BCUT2D eigenvalue weighted by atomic mass is 10.0. The highest BCUT2D eigenvalue weighted by molar-refractivity contribution is 5.47. The Bertz CT molecular complexity index is 711. The molecular weight excluding hydrogens is 276 g/mol. The molecule has 108 valence electrons. The second-order valence-corrected chi connectivity index (χ2v) is 4.30. The number of benzene rings is 1. The molecule has 0 unspecified atom stereocenters. The standard InChI is InChI=1S/C15H13F2N3O/c1-3-10-11(8-18)15(20-19-13(10)4-2)21-14-7-9(16)5-6-12(14)17/h5-7H,3-4H2,1-2H3. The number of halogens is 2. The third-order valence-corrected chi connectivity index (χ3v) is 3.03. The first-order valence-electron chi connectivity index (χ1n) is 6.52. The molecule has 0 aliphatic rings. The summed E-state index contributed by atoms with van der Waals surface area (Å²) in [7, 11) is 0. The maximum Gasteiger partial charge on any atom is 0.257 e. The van der Waals surface area contributed by atoms with Gasteiger partial charge in [-0.15, -0.1) is 5.10 Å². The van der Waals surface area contributed by atoms with Crippen LogP contribution in [0.25, 0.3) is 0 Å². The Morgan fingerprint density at radius 3 is 2.57 bits per heavy atom. The fraction of sp³-hybridized carbons (Fsp3) is 0.267. The lowest BCUT2D eigenvalue weighted by molar-refractivity contribution is 0.414. The maximum atomic E-state index is 13.6. The molecule has 0 aliphatic heterocycles. The largest absolute Gasteiger partial charge is 0.433 e. The van der Waals surface area contributed by atoms with Crippen molar-refractivity contribution in [2.45, 2.75) is 26.7 Å². The van der Waals surface area contributed by atoms with E-state index < -0.39 is 11.6 Å². The molecule has 0 spiro atoms. The van der Waals surface area contributed by atoms with E-state index >= 15 is 0 Å². The molecule has 0 fully saturated rings. The molecular formula is C15H13F2N3O. The smallest absolute Gasteiger partial charge is 0.257 e. The van der Waals surface area contributed by atoms with E-state index in [0.29, 0.717) is 24.1 Å². The van der Waals surface area contributed by atoms with E-state index in [9.17, 15) is 14.0 Å². The highest BCUT2D eigenvalue weighted by Gasteiger charge is 2.17. The molecule has 1 aromatic heterocycles. The van der Waals surface area contributed by atoms with E-state index in [1.165, 1.54) is 0 Å². The minimum absolute atomic E-state index is 0.115. The number of ether oxygens (including phenoxy) is 1. The van der Waals surface area contributed by atoms with Crippen LogP contribution < -0.4 is 4.74 Å². The van der Waals surface area contributed by atoms with Crippen LogP contribution in [-0.2, 0) is 12.8 Å². The number of hydrogen-bond acceptors (Lipinski definition) is 4. The molecule has 0 saturated heterocycles. The van der Waals surface area contributed by atoms with Crippen molar-refractivity contribution in [3.63, 3.8) is 0 Å². The minimum Gasteiger partial charge on any atom is -0.433 e. The van der Waals surface area contributed by atoms with Gasteiger partial charge in [-0.25, -0.2) is 8.78 Å². The lowest BCUT2D eigenvalue weighted by Crippen LogP contribution is -2.05. The average molecular weight is 289 g/mol. The Kier molecular flexibility index (Phi) is 4.43. The van der Waals surface area contributed by atoms with Crippen LogP contribution >= 0.6 is 0 Å². The van der Waals surface area contributed by atoms with Crippen LogP contribution in [0.1, 0.15) is 30.7 Å². The first-order chi connectivity index (χ1) is 10.1. The van der Waals surface area contributed by atoms with Gasteiger partial charge in [-0.1, -0.05) is 13.8 Å². The summed E-state index contributed by atoms with van der Waals surface area (Å²) >= 11 is 0. The maximum absolute atomic E-state index is 13.6. The van der Waals surface area contributed by atoms with Gasteiger partial charge in [0, 0.05) is 6.07 Å². The van der Waals surface area contributed by atoms with Crippen LogP contribution in [0.2, 0.25) is 0 Å². The van der Waals surface area contributed by atoms with Crippen molar-refractivity contribution in [1.29, 1.82) is 5.26 Å². The first-order valence-corrected chi connectivity index (χ1v) is 6.52. The van der Waals surface area contributed by atoms with E-state index in [1.807, 2.05) is 19.9 Å².